The Morgan fingerprint density at radius 3 is 2.32 bits per heavy atom. The fourth-order valence-electron chi connectivity index (χ4n) is 2.82. The third-order valence-corrected chi connectivity index (χ3v) is 4.14. The van der Waals surface area contributed by atoms with Crippen LogP contribution in [0.3, 0.4) is 0 Å². The molecule has 0 aromatic heterocycles. The molecule has 0 unspecified atom stereocenters. The van der Waals surface area contributed by atoms with Crippen LogP contribution in [-0.2, 0) is 9.63 Å². The number of β-amino-alcohol motifs (C(OH)–C–C–N with tert-alkyl or cyclic N) is 1. The predicted octanol–water partition coefficient (Wildman–Crippen LogP) is 0.881. The van der Waals surface area contributed by atoms with Crippen molar-refractivity contribution < 1.29 is 14.7 Å². The van der Waals surface area contributed by atoms with E-state index in [1.54, 1.807) is 0 Å². The molecule has 0 amide bonds. The van der Waals surface area contributed by atoms with Gasteiger partial charge in [-0.25, -0.2) is 4.79 Å². The Morgan fingerprint density at radius 1 is 1.26 bits per heavy atom. The number of carbonyl (C=O) groups is 1. The number of likely N-dealkylation sites (tertiary alicyclic amines) is 1. The molecule has 0 saturated carbocycles. The number of carbonyl (C=O) groups excluding carboxylic acids is 1. The van der Waals surface area contributed by atoms with Gasteiger partial charge in [0.05, 0.1) is 12.0 Å². The van der Waals surface area contributed by atoms with Gasteiger partial charge in [-0.15, -0.1) is 5.06 Å². The van der Waals surface area contributed by atoms with E-state index >= 15 is 0 Å². The largest absolute Gasteiger partial charge is 0.395 e. The molecule has 110 valence electrons. The average molecular weight is 270 g/mol. The molecule has 2 rings (SSSR count). The van der Waals surface area contributed by atoms with Crippen molar-refractivity contribution in [1.82, 2.24) is 9.96 Å². The van der Waals surface area contributed by atoms with E-state index in [0.717, 1.165) is 45.6 Å². The maximum absolute atomic E-state index is 11.8. The van der Waals surface area contributed by atoms with Gasteiger partial charge in [-0.3, -0.25) is 4.90 Å². The Balaban J connectivity index is 1.73. The van der Waals surface area contributed by atoms with E-state index in [0.29, 0.717) is 5.41 Å². The van der Waals surface area contributed by atoms with Crippen molar-refractivity contribution in [1.29, 1.82) is 0 Å². The van der Waals surface area contributed by atoms with E-state index in [9.17, 15) is 4.79 Å². The second-order valence-corrected chi connectivity index (χ2v) is 6.99. The molecule has 0 aromatic carbocycles. The van der Waals surface area contributed by atoms with Crippen LogP contribution in [0.5, 0.6) is 0 Å². The van der Waals surface area contributed by atoms with Crippen LogP contribution in [-0.4, -0.2) is 60.4 Å². The van der Waals surface area contributed by atoms with E-state index in [4.69, 9.17) is 9.94 Å². The number of hydroxylamine groups is 2. The molecule has 1 N–H and O–H groups in total. The lowest BCUT2D eigenvalue weighted by Crippen LogP contribution is -2.60. The molecule has 1 spiro atoms. The molecule has 0 aliphatic carbocycles. The Kier molecular flexibility index (Phi) is 4.18. The number of aliphatic hydroxyl groups excluding tert-OH is 1. The SMILES string of the molecule is CC(C)(C)C(=O)ON1CCC2(CC1)CN(CCO)C2. The molecule has 2 fully saturated rings. The summed E-state index contributed by atoms with van der Waals surface area (Å²) in [5.74, 6) is -0.154. The van der Waals surface area contributed by atoms with Crippen LogP contribution < -0.4 is 0 Å². The molecular formula is C14H26N2O3. The fraction of sp³-hybridized carbons (Fsp3) is 0.929. The van der Waals surface area contributed by atoms with Crippen LogP contribution in [0.4, 0.5) is 0 Å². The number of hydrogen-bond acceptors (Lipinski definition) is 5. The summed E-state index contributed by atoms with van der Waals surface area (Å²) in [5.41, 5.74) is -0.0384. The van der Waals surface area contributed by atoms with Crippen LogP contribution in [0, 0.1) is 10.8 Å². The minimum atomic E-state index is -0.441. The van der Waals surface area contributed by atoms with Crippen molar-refractivity contribution in [3.63, 3.8) is 0 Å². The highest BCUT2D eigenvalue weighted by molar-refractivity contribution is 5.75. The Morgan fingerprint density at radius 2 is 1.84 bits per heavy atom. The molecule has 2 aliphatic rings. The monoisotopic (exact) mass is 270 g/mol. The summed E-state index contributed by atoms with van der Waals surface area (Å²) >= 11 is 0. The van der Waals surface area contributed by atoms with Gasteiger partial charge >= 0.3 is 5.97 Å². The molecule has 0 radical (unpaired) electrons. The summed E-state index contributed by atoms with van der Waals surface area (Å²) < 4.78 is 0. The number of nitrogens with zero attached hydrogens (tertiary/aromatic N) is 2. The molecule has 2 saturated heterocycles. The zero-order valence-electron chi connectivity index (χ0n) is 12.3. The molecule has 5 heteroatoms. The molecule has 19 heavy (non-hydrogen) atoms. The lowest BCUT2D eigenvalue weighted by atomic mass is 9.72. The van der Waals surface area contributed by atoms with E-state index in [1.165, 1.54) is 0 Å². The Hall–Kier alpha value is -0.650. The van der Waals surface area contributed by atoms with Crippen molar-refractivity contribution in [2.75, 3.05) is 39.3 Å². The molecule has 2 aliphatic heterocycles. The topological polar surface area (TPSA) is 53.0 Å². The van der Waals surface area contributed by atoms with Gasteiger partial charge in [0.15, 0.2) is 0 Å². The second kappa shape index (κ2) is 5.38. The molecule has 2 heterocycles. The Labute approximate surface area is 115 Å². The van der Waals surface area contributed by atoms with E-state index in [-0.39, 0.29) is 12.6 Å². The Bertz CT molecular complexity index is 322. The lowest BCUT2D eigenvalue weighted by molar-refractivity contribution is -0.215. The van der Waals surface area contributed by atoms with Gasteiger partial charge in [-0.05, 0) is 39.0 Å². The van der Waals surface area contributed by atoms with Crippen LogP contribution in [0.1, 0.15) is 33.6 Å². The quantitative estimate of drug-likeness (QED) is 0.825. The summed E-state index contributed by atoms with van der Waals surface area (Å²) in [6.45, 7) is 10.5. The van der Waals surface area contributed by atoms with Crippen LogP contribution >= 0.6 is 0 Å². The van der Waals surface area contributed by atoms with Gasteiger partial charge in [0.2, 0.25) is 0 Å². The van der Waals surface area contributed by atoms with Crippen LogP contribution in [0.2, 0.25) is 0 Å². The van der Waals surface area contributed by atoms with Gasteiger partial charge < -0.3 is 9.94 Å². The van der Waals surface area contributed by atoms with Gasteiger partial charge in [0, 0.05) is 32.7 Å². The first-order valence-electron chi connectivity index (χ1n) is 7.15. The van der Waals surface area contributed by atoms with Crippen molar-refractivity contribution in [3.8, 4) is 0 Å². The normalized spacial score (nSPS) is 24.2. The number of piperidine rings is 1. The zero-order chi connectivity index (χ0) is 14.1. The highest BCUT2D eigenvalue weighted by atomic mass is 16.7. The highest BCUT2D eigenvalue weighted by Crippen LogP contribution is 2.40. The van der Waals surface area contributed by atoms with Gasteiger partial charge in [-0.1, -0.05) is 0 Å². The molecule has 0 bridgehead atoms. The third-order valence-electron chi connectivity index (χ3n) is 4.14. The first-order chi connectivity index (χ1) is 8.85. The summed E-state index contributed by atoms with van der Waals surface area (Å²) in [4.78, 5) is 19.5. The standard InChI is InChI=1S/C14H26N2O3/c1-13(2,3)12(18)19-16-6-4-14(5-7-16)10-15(11-14)8-9-17/h17H,4-11H2,1-3H3. The summed E-state index contributed by atoms with van der Waals surface area (Å²) in [5, 5.41) is 10.7. The summed E-state index contributed by atoms with van der Waals surface area (Å²) in [7, 11) is 0. The van der Waals surface area contributed by atoms with Crippen molar-refractivity contribution >= 4 is 5.97 Å². The first-order valence-corrected chi connectivity index (χ1v) is 7.15. The average Bonchev–Trinajstić information content (AvgIpc) is 2.28. The maximum atomic E-state index is 11.8. The second-order valence-electron chi connectivity index (χ2n) is 6.99. The smallest absolute Gasteiger partial charge is 0.330 e. The van der Waals surface area contributed by atoms with Crippen molar-refractivity contribution in [2.24, 2.45) is 10.8 Å². The van der Waals surface area contributed by atoms with Crippen molar-refractivity contribution in [3.05, 3.63) is 0 Å². The summed E-state index contributed by atoms with van der Waals surface area (Å²) in [6.07, 6.45) is 2.15. The van der Waals surface area contributed by atoms with Crippen molar-refractivity contribution in [2.45, 2.75) is 33.6 Å². The fourth-order valence-corrected chi connectivity index (χ4v) is 2.82. The predicted molar refractivity (Wildman–Crippen MR) is 72.3 cm³/mol. The first kappa shape index (κ1) is 14.8. The van der Waals surface area contributed by atoms with Gasteiger partial charge in [-0.2, -0.15) is 0 Å². The molecule has 0 aromatic rings. The van der Waals surface area contributed by atoms with Gasteiger partial charge in [0.25, 0.3) is 0 Å². The zero-order valence-corrected chi connectivity index (χ0v) is 12.3. The molecular weight excluding hydrogens is 244 g/mol. The lowest BCUT2D eigenvalue weighted by Gasteiger charge is -2.53. The third kappa shape index (κ3) is 3.46. The maximum Gasteiger partial charge on any atom is 0.330 e. The number of hydrogen-bond donors (Lipinski definition) is 1. The highest BCUT2D eigenvalue weighted by Gasteiger charge is 2.45. The summed E-state index contributed by atoms with van der Waals surface area (Å²) in [6, 6.07) is 0. The van der Waals surface area contributed by atoms with E-state index in [1.807, 2.05) is 25.8 Å². The molecule has 0 atom stereocenters. The van der Waals surface area contributed by atoms with Crippen LogP contribution in [0.15, 0.2) is 0 Å². The van der Waals surface area contributed by atoms with E-state index in [2.05, 4.69) is 4.90 Å². The van der Waals surface area contributed by atoms with Crippen LogP contribution in [0.25, 0.3) is 0 Å². The van der Waals surface area contributed by atoms with Gasteiger partial charge in [0.1, 0.15) is 0 Å². The number of aliphatic hydroxyl groups is 1. The minimum Gasteiger partial charge on any atom is -0.395 e. The van der Waals surface area contributed by atoms with E-state index < -0.39 is 5.41 Å². The minimum absolute atomic E-state index is 0.154. The number of rotatable bonds is 3. The molecule has 5 nitrogen and oxygen atoms in total.